The van der Waals surface area contributed by atoms with Crippen LogP contribution in [0.25, 0.3) is 0 Å². The van der Waals surface area contributed by atoms with Crippen LogP contribution in [0.5, 0.6) is 0 Å². The summed E-state index contributed by atoms with van der Waals surface area (Å²) in [6.45, 7) is 0.206. The summed E-state index contributed by atoms with van der Waals surface area (Å²) in [4.78, 5) is 23.4. The second kappa shape index (κ2) is 4.98. The van der Waals surface area contributed by atoms with Crippen molar-refractivity contribution >= 4 is 11.7 Å². The van der Waals surface area contributed by atoms with E-state index in [1.165, 1.54) is 0 Å². The molecule has 92 valence electrons. The van der Waals surface area contributed by atoms with Gasteiger partial charge < -0.3 is 11.1 Å². The van der Waals surface area contributed by atoms with Crippen molar-refractivity contribution in [3.8, 4) is 6.07 Å². The number of hydrogen-bond donors (Lipinski definition) is 2. The van der Waals surface area contributed by atoms with Gasteiger partial charge in [0, 0.05) is 12.5 Å². The van der Waals surface area contributed by atoms with Gasteiger partial charge in [-0.15, -0.1) is 0 Å². The molecule has 1 aliphatic heterocycles. The summed E-state index contributed by atoms with van der Waals surface area (Å²) in [5, 5.41) is 11.7. The first-order valence-corrected chi connectivity index (χ1v) is 5.68. The zero-order valence-corrected chi connectivity index (χ0v) is 9.72. The predicted octanol–water partition coefficient (Wildman–Crippen LogP) is -0.0843. The van der Waals surface area contributed by atoms with Gasteiger partial charge in [0.25, 0.3) is 0 Å². The van der Waals surface area contributed by atoms with E-state index in [1.54, 1.807) is 24.3 Å². The number of hydrogen-bond acceptors (Lipinski definition) is 4. The van der Waals surface area contributed by atoms with Crippen LogP contribution < -0.4 is 11.1 Å². The van der Waals surface area contributed by atoms with E-state index in [4.69, 9.17) is 11.0 Å². The number of Topliss-reactive ketones (excluding diaryl/α,β-unsaturated/α-hetero) is 1. The first kappa shape index (κ1) is 12.3. The first-order valence-electron chi connectivity index (χ1n) is 5.68. The monoisotopic (exact) mass is 243 g/mol. The minimum absolute atomic E-state index is 0.163. The van der Waals surface area contributed by atoms with Crippen LogP contribution in [0.15, 0.2) is 24.3 Å². The first-order chi connectivity index (χ1) is 8.69. The van der Waals surface area contributed by atoms with Crippen LogP contribution in [0, 0.1) is 17.2 Å². The fourth-order valence-electron chi connectivity index (χ4n) is 2.33. The Labute approximate surface area is 105 Å². The Balaban J connectivity index is 2.41. The average molecular weight is 243 g/mol. The molecule has 2 atom stereocenters. The molecule has 0 aliphatic carbocycles. The van der Waals surface area contributed by atoms with Gasteiger partial charge in [-0.3, -0.25) is 9.59 Å². The molecule has 1 aromatic carbocycles. The van der Waals surface area contributed by atoms with Crippen molar-refractivity contribution in [2.24, 2.45) is 11.7 Å². The minimum Gasteiger partial charge on any atom is -0.355 e. The van der Waals surface area contributed by atoms with Gasteiger partial charge in [-0.25, -0.2) is 0 Å². The molecule has 0 saturated carbocycles. The number of benzene rings is 1. The molecule has 2 unspecified atom stereocenters. The number of carbonyl (C=O) groups excluding carboxylic acids is 2. The van der Waals surface area contributed by atoms with Crippen LogP contribution in [-0.4, -0.2) is 24.8 Å². The van der Waals surface area contributed by atoms with Crippen LogP contribution in [0.4, 0.5) is 0 Å². The van der Waals surface area contributed by atoms with Crippen LogP contribution in [0.3, 0.4) is 0 Å². The highest BCUT2D eigenvalue weighted by atomic mass is 16.2. The van der Waals surface area contributed by atoms with Crippen molar-refractivity contribution in [1.29, 1.82) is 5.26 Å². The number of nitrogens with one attached hydrogen (secondary N) is 1. The number of nitriles is 1. The molecule has 1 amide bonds. The average Bonchev–Trinajstić information content (AvgIpc) is 2.79. The second-order valence-corrected chi connectivity index (χ2v) is 4.20. The highest BCUT2D eigenvalue weighted by Gasteiger charge is 2.40. The Morgan fingerprint density at radius 3 is 2.89 bits per heavy atom. The smallest absolute Gasteiger partial charge is 0.231 e. The fourth-order valence-corrected chi connectivity index (χ4v) is 2.33. The van der Waals surface area contributed by atoms with Crippen molar-refractivity contribution in [3.63, 3.8) is 0 Å². The molecule has 0 aromatic heterocycles. The van der Waals surface area contributed by atoms with Crippen molar-refractivity contribution in [2.75, 3.05) is 13.1 Å². The van der Waals surface area contributed by atoms with Gasteiger partial charge >= 0.3 is 0 Å². The lowest BCUT2D eigenvalue weighted by Crippen LogP contribution is -2.32. The van der Waals surface area contributed by atoms with Crippen molar-refractivity contribution < 1.29 is 9.59 Å². The van der Waals surface area contributed by atoms with Gasteiger partial charge in [-0.2, -0.15) is 5.26 Å². The van der Waals surface area contributed by atoms with Crippen LogP contribution in [-0.2, 0) is 9.59 Å². The molecule has 2 rings (SSSR count). The van der Waals surface area contributed by atoms with E-state index in [0.29, 0.717) is 12.1 Å². The summed E-state index contributed by atoms with van der Waals surface area (Å²) < 4.78 is 0. The topological polar surface area (TPSA) is 96.0 Å². The van der Waals surface area contributed by atoms with Gasteiger partial charge in [0.15, 0.2) is 5.78 Å². The normalized spacial score (nSPS) is 22.3. The fraction of sp³-hybridized carbons (Fsp3) is 0.308. The largest absolute Gasteiger partial charge is 0.355 e. The van der Waals surface area contributed by atoms with Gasteiger partial charge in [-0.05, 0) is 11.6 Å². The van der Waals surface area contributed by atoms with E-state index < -0.39 is 5.92 Å². The summed E-state index contributed by atoms with van der Waals surface area (Å²) in [5.41, 5.74) is 6.55. The SMILES string of the molecule is N#Cc1ccccc1C1CNC(=O)C1C(=O)CN. The standard InChI is InChI=1S/C13H13N3O2/c14-5-8-3-1-2-4-9(8)10-7-16-13(18)12(10)11(17)6-15/h1-4,10,12H,6-7,15H2,(H,16,18). The molecular formula is C13H13N3O2. The lowest BCUT2D eigenvalue weighted by atomic mass is 9.83. The number of nitrogens with two attached hydrogens (primary N) is 1. The Bertz CT molecular complexity index is 533. The molecule has 1 heterocycles. The third kappa shape index (κ3) is 1.98. The summed E-state index contributed by atoms with van der Waals surface area (Å²) in [7, 11) is 0. The number of carbonyl (C=O) groups is 2. The third-order valence-electron chi connectivity index (χ3n) is 3.21. The second-order valence-electron chi connectivity index (χ2n) is 4.20. The van der Waals surface area contributed by atoms with Gasteiger partial charge in [0.05, 0.1) is 18.2 Å². The molecule has 3 N–H and O–H groups in total. The Morgan fingerprint density at radius 1 is 1.50 bits per heavy atom. The lowest BCUT2D eigenvalue weighted by Gasteiger charge is -2.16. The van der Waals surface area contributed by atoms with Crippen LogP contribution >= 0.6 is 0 Å². The summed E-state index contributed by atoms with van der Waals surface area (Å²) >= 11 is 0. The van der Waals surface area contributed by atoms with E-state index in [9.17, 15) is 9.59 Å². The molecule has 5 heteroatoms. The van der Waals surface area contributed by atoms with Crippen molar-refractivity contribution in [3.05, 3.63) is 35.4 Å². The highest BCUT2D eigenvalue weighted by Crippen LogP contribution is 2.31. The number of ketones is 1. The molecule has 1 fully saturated rings. The maximum atomic E-state index is 11.7. The predicted molar refractivity (Wildman–Crippen MR) is 64.5 cm³/mol. The zero-order valence-electron chi connectivity index (χ0n) is 9.72. The Morgan fingerprint density at radius 2 is 2.22 bits per heavy atom. The zero-order chi connectivity index (χ0) is 13.1. The van der Waals surface area contributed by atoms with E-state index in [0.717, 1.165) is 5.56 Å². The van der Waals surface area contributed by atoms with E-state index >= 15 is 0 Å². The van der Waals surface area contributed by atoms with E-state index in [1.807, 2.05) is 0 Å². The van der Waals surface area contributed by atoms with E-state index in [-0.39, 0.29) is 24.2 Å². The van der Waals surface area contributed by atoms with Gasteiger partial charge in [-0.1, -0.05) is 18.2 Å². The van der Waals surface area contributed by atoms with Crippen molar-refractivity contribution in [2.45, 2.75) is 5.92 Å². The summed E-state index contributed by atoms with van der Waals surface area (Å²) in [5.74, 6) is -1.67. The Hall–Kier alpha value is -2.19. The van der Waals surface area contributed by atoms with Crippen LogP contribution in [0.2, 0.25) is 0 Å². The molecular weight excluding hydrogens is 230 g/mol. The van der Waals surface area contributed by atoms with Gasteiger partial charge in [0.1, 0.15) is 5.92 Å². The molecule has 18 heavy (non-hydrogen) atoms. The molecule has 5 nitrogen and oxygen atoms in total. The lowest BCUT2D eigenvalue weighted by molar-refractivity contribution is -0.131. The van der Waals surface area contributed by atoms with E-state index in [2.05, 4.69) is 11.4 Å². The number of amides is 1. The highest BCUT2D eigenvalue weighted by molar-refractivity contribution is 6.04. The molecule has 1 aromatic rings. The maximum absolute atomic E-state index is 11.7. The molecule has 1 aliphatic rings. The summed E-state index contributed by atoms with van der Waals surface area (Å²) in [6.07, 6.45) is 0. The minimum atomic E-state index is -0.774. The molecule has 1 saturated heterocycles. The quantitative estimate of drug-likeness (QED) is 0.725. The third-order valence-corrected chi connectivity index (χ3v) is 3.21. The van der Waals surface area contributed by atoms with Gasteiger partial charge in [0.2, 0.25) is 5.91 Å². The molecule has 0 spiro atoms. The molecule has 0 radical (unpaired) electrons. The number of rotatable bonds is 3. The maximum Gasteiger partial charge on any atom is 0.231 e. The molecule has 0 bridgehead atoms. The number of nitrogens with zero attached hydrogens (tertiary/aromatic N) is 1. The van der Waals surface area contributed by atoms with Crippen molar-refractivity contribution in [1.82, 2.24) is 5.32 Å². The summed E-state index contributed by atoms with van der Waals surface area (Å²) in [6, 6.07) is 9.09. The van der Waals surface area contributed by atoms with Crippen LogP contribution in [0.1, 0.15) is 17.0 Å². The Kier molecular flexibility index (Phi) is 3.40.